The van der Waals surface area contributed by atoms with E-state index in [1.165, 1.54) is 18.4 Å². The van der Waals surface area contributed by atoms with E-state index in [9.17, 15) is 0 Å². The molecule has 2 fully saturated rings. The highest BCUT2D eigenvalue weighted by Crippen LogP contribution is 2.46. The molecule has 1 saturated carbocycles. The van der Waals surface area contributed by atoms with Crippen LogP contribution in [0.5, 0.6) is 0 Å². The van der Waals surface area contributed by atoms with Crippen molar-refractivity contribution in [3.05, 3.63) is 41.8 Å². The van der Waals surface area contributed by atoms with E-state index in [0.717, 1.165) is 19.4 Å². The SMILES string of the molecule is CCOC1C[C@@H]2[C](C)CC[C@@H](Cc3ccccc3)[C@@H]2O1. The highest BCUT2D eigenvalue weighted by molar-refractivity contribution is 5.17. The molecule has 1 heterocycles. The summed E-state index contributed by atoms with van der Waals surface area (Å²) in [5, 5.41) is 0. The van der Waals surface area contributed by atoms with E-state index in [2.05, 4.69) is 37.3 Å². The molecule has 1 saturated heterocycles. The summed E-state index contributed by atoms with van der Waals surface area (Å²) in [7, 11) is 0. The number of benzene rings is 1. The van der Waals surface area contributed by atoms with E-state index in [1.54, 1.807) is 5.92 Å². The summed E-state index contributed by atoms with van der Waals surface area (Å²) in [6, 6.07) is 10.8. The van der Waals surface area contributed by atoms with E-state index in [-0.39, 0.29) is 6.29 Å². The molecule has 1 aliphatic carbocycles. The fourth-order valence-corrected chi connectivity index (χ4v) is 3.78. The van der Waals surface area contributed by atoms with Crippen molar-refractivity contribution in [2.45, 2.75) is 51.9 Å². The number of hydrogen-bond acceptors (Lipinski definition) is 2. The lowest BCUT2D eigenvalue weighted by atomic mass is 9.71. The Morgan fingerprint density at radius 3 is 2.80 bits per heavy atom. The van der Waals surface area contributed by atoms with Crippen LogP contribution in [0.3, 0.4) is 0 Å². The molecule has 0 aromatic heterocycles. The van der Waals surface area contributed by atoms with Crippen molar-refractivity contribution in [3.63, 3.8) is 0 Å². The number of fused-ring (bicyclic) bond motifs is 1. The highest BCUT2D eigenvalue weighted by Gasteiger charge is 2.45. The van der Waals surface area contributed by atoms with Gasteiger partial charge in [0.1, 0.15) is 0 Å². The standard InChI is InChI=1S/C18H25O2/c1-3-19-17-12-16-13(2)9-10-15(18(16)20-17)11-14-7-5-4-6-8-14/h4-8,15-18H,3,9-12H2,1-2H3/t15-,16+,17?,18-/m0/s1. The third-order valence-electron chi connectivity index (χ3n) is 4.85. The maximum absolute atomic E-state index is 6.22. The summed E-state index contributed by atoms with van der Waals surface area (Å²) in [5.74, 6) is 2.85. The zero-order chi connectivity index (χ0) is 13.9. The van der Waals surface area contributed by atoms with Crippen LogP contribution in [0.15, 0.2) is 30.3 Å². The Morgan fingerprint density at radius 1 is 1.25 bits per heavy atom. The number of ether oxygens (including phenoxy) is 2. The summed E-state index contributed by atoms with van der Waals surface area (Å²) in [4.78, 5) is 0. The molecule has 1 aromatic carbocycles. The van der Waals surface area contributed by atoms with Gasteiger partial charge >= 0.3 is 0 Å². The van der Waals surface area contributed by atoms with Gasteiger partial charge in [0.15, 0.2) is 6.29 Å². The molecule has 1 unspecified atom stereocenters. The summed E-state index contributed by atoms with van der Waals surface area (Å²) in [6.07, 6.45) is 5.06. The lowest BCUT2D eigenvalue weighted by Gasteiger charge is -2.36. The minimum Gasteiger partial charge on any atom is -0.353 e. The fraction of sp³-hybridized carbons (Fsp3) is 0.611. The normalized spacial score (nSPS) is 34.1. The largest absolute Gasteiger partial charge is 0.353 e. The maximum Gasteiger partial charge on any atom is 0.158 e. The Bertz CT molecular complexity index is 417. The molecule has 4 atom stereocenters. The maximum atomic E-state index is 6.22. The van der Waals surface area contributed by atoms with Gasteiger partial charge < -0.3 is 9.47 Å². The first kappa shape index (κ1) is 14.1. The molecule has 1 aliphatic heterocycles. The molecule has 20 heavy (non-hydrogen) atoms. The Hall–Kier alpha value is -0.860. The van der Waals surface area contributed by atoms with Crippen molar-refractivity contribution in [2.75, 3.05) is 6.61 Å². The van der Waals surface area contributed by atoms with Crippen molar-refractivity contribution < 1.29 is 9.47 Å². The van der Waals surface area contributed by atoms with E-state index in [0.29, 0.717) is 17.9 Å². The average Bonchev–Trinajstić information content (AvgIpc) is 2.89. The average molecular weight is 273 g/mol. The summed E-state index contributed by atoms with van der Waals surface area (Å²) >= 11 is 0. The zero-order valence-corrected chi connectivity index (χ0v) is 12.5. The van der Waals surface area contributed by atoms with Crippen LogP contribution in [0.2, 0.25) is 0 Å². The molecular weight excluding hydrogens is 248 g/mol. The first-order chi connectivity index (χ1) is 9.78. The van der Waals surface area contributed by atoms with Crippen molar-refractivity contribution in [1.29, 1.82) is 0 Å². The van der Waals surface area contributed by atoms with Crippen LogP contribution >= 0.6 is 0 Å². The summed E-state index contributed by atoms with van der Waals surface area (Å²) < 4.78 is 11.9. The zero-order valence-electron chi connectivity index (χ0n) is 12.5. The fourth-order valence-electron chi connectivity index (χ4n) is 3.78. The monoisotopic (exact) mass is 273 g/mol. The van der Waals surface area contributed by atoms with Crippen LogP contribution in [0.4, 0.5) is 0 Å². The molecular formula is C18H25O2. The van der Waals surface area contributed by atoms with E-state index < -0.39 is 0 Å². The van der Waals surface area contributed by atoms with Gasteiger partial charge in [-0.2, -0.15) is 0 Å². The minimum atomic E-state index is 0.0151. The van der Waals surface area contributed by atoms with Gasteiger partial charge in [-0.25, -0.2) is 0 Å². The van der Waals surface area contributed by atoms with Gasteiger partial charge in [0.25, 0.3) is 0 Å². The van der Waals surface area contributed by atoms with Gasteiger partial charge in [0.2, 0.25) is 0 Å². The first-order valence-electron chi connectivity index (χ1n) is 7.91. The predicted molar refractivity (Wildman–Crippen MR) is 80.2 cm³/mol. The quantitative estimate of drug-likeness (QED) is 0.825. The van der Waals surface area contributed by atoms with Crippen LogP contribution < -0.4 is 0 Å². The van der Waals surface area contributed by atoms with E-state index in [1.807, 2.05) is 6.92 Å². The molecule has 109 valence electrons. The van der Waals surface area contributed by atoms with Gasteiger partial charge in [0, 0.05) is 13.0 Å². The molecule has 2 aliphatic rings. The summed E-state index contributed by atoms with van der Waals surface area (Å²) in [6.45, 7) is 5.09. The molecule has 2 nitrogen and oxygen atoms in total. The van der Waals surface area contributed by atoms with Crippen molar-refractivity contribution >= 4 is 0 Å². The van der Waals surface area contributed by atoms with E-state index >= 15 is 0 Å². The van der Waals surface area contributed by atoms with Crippen molar-refractivity contribution in [2.24, 2.45) is 11.8 Å². The second kappa shape index (κ2) is 6.28. The summed E-state index contributed by atoms with van der Waals surface area (Å²) in [5.41, 5.74) is 1.43. The lowest BCUT2D eigenvalue weighted by molar-refractivity contribution is -0.144. The highest BCUT2D eigenvalue weighted by atomic mass is 16.7. The van der Waals surface area contributed by atoms with Gasteiger partial charge in [-0.3, -0.25) is 0 Å². The Kier molecular flexibility index (Phi) is 4.42. The molecule has 1 radical (unpaired) electrons. The van der Waals surface area contributed by atoms with Crippen LogP contribution in [-0.4, -0.2) is 19.0 Å². The molecule has 0 amide bonds. The van der Waals surface area contributed by atoms with Gasteiger partial charge in [-0.1, -0.05) is 37.3 Å². The number of rotatable bonds is 4. The van der Waals surface area contributed by atoms with Crippen LogP contribution in [0, 0.1) is 17.8 Å². The van der Waals surface area contributed by atoms with Crippen LogP contribution in [0.25, 0.3) is 0 Å². The smallest absolute Gasteiger partial charge is 0.158 e. The Labute approximate surface area is 122 Å². The molecule has 0 spiro atoms. The molecule has 0 bridgehead atoms. The molecule has 0 N–H and O–H groups in total. The van der Waals surface area contributed by atoms with Gasteiger partial charge in [-0.05, 0) is 49.5 Å². The third kappa shape index (κ3) is 2.91. The number of hydrogen-bond donors (Lipinski definition) is 0. The third-order valence-corrected chi connectivity index (χ3v) is 4.85. The van der Waals surface area contributed by atoms with Crippen LogP contribution in [0.1, 0.15) is 38.7 Å². The first-order valence-corrected chi connectivity index (χ1v) is 7.91. The Balaban J connectivity index is 1.69. The second-order valence-electron chi connectivity index (χ2n) is 6.16. The van der Waals surface area contributed by atoms with E-state index in [4.69, 9.17) is 9.47 Å². The minimum absolute atomic E-state index is 0.0151. The molecule has 2 heteroatoms. The predicted octanol–water partition coefficient (Wildman–Crippen LogP) is 4.00. The van der Waals surface area contributed by atoms with Crippen molar-refractivity contribution in [1.82, 2.24) is 0 Å². The molecule has 3 rings (SSSR count). The van der Waals surface area contributed by atoms with Crippen molar-refractivity contribution in [3.8, 4) is 0 Å². The second-order valence-corrected chi connectivity index (χ2v) is 6.16. The van der Waals surface area contributed by atoms with Crippen LogP contribution in [-0.2, 0) is 15.9 Å². The van der Waals surface area contributed by atoms with Gasteiger partial charge in [0.05, 0.1) is 6.10 Å². The lowest BCUT2D eigenvalue weighted by Crippen LogP contribution is -2.35. The molecule has 1 aromatic rings. The topological polar surface area (TPSA) is 18.5 Å². The Morgan fingerprint density at radius 2 is 2.05 bits per heavy atom. The van der Waals surface area contributed by atoms with Gasteiger partial charge in [-0.15, -0.1) is 0 Å².